The number of ether oxygens (including phenoxy) is 1. The Morgan fingerprint density at radius 3 is 2.80 bits per heavy atom. The number of rotatable bonds is 6. The number of halogens is 1. The molecule has 1 aliphatic heterocycles. The first-order valence-electron chi connectivity index (χ1n) is 11.8. The van der Waals surface area contributed by atoms with Crippen LogP contribution in [0.25, 0.3) is 0 Å². The van der Waals surface area contributed by atoms with Crippen molar-refractivity contribution in [1.29, 1.82) is 0 Å². The van der Waals surface area contributed by atoms with Crippen LogP contribution in [0.15, 0.2) is 79.1 Å². The normalized spacial score (nSPS) is 15.7. The van der Waals surface area contributed by atoms with Gasteiger partial charge in [0.1, 0.15) is 17.4 Å². The maximum Gasteiger partial charge on any atom is 0.254 e. The van der Waals surface area contributed by atoms with Crippen LogP contribution in [0.3, 0.4) is 0 Å². The van der Waals surface area contributed by atoms with Gasteiger partial charge in [0.25, 0.3) is 5.91 Å². The van der Waals surface area contributed by atoms with Gasteiger partial charge in [0.15, 0.2) is 0 Å². The molecule has 1 aliphatic rings. The molecule has 0 aliphatic carbocycles. The molecule has 35 heavy (non-hydrogen) atoms. The molecule has 0 spiro atoms. The zero-order valence-corrected chi connectivity index (χ0v) is 19.6. The number of piperidine rings is 1. The van der Waals surface area contributed by atoms with Crippen LogP contribution in [0.1, 0.15) is 46.2 Å². The zero-order valence-electron chi connectivity index (χ0n) is 19.6. The van der Waals surface area contributed by atoms with E-state index < -0.39 is 0 Å². The molecule has 1 saturated heterocycles. The number of aromatic nitrogens is 3. The minimum atomic E-state index is -0.358. The summed E-state index contributed by atoms with van der Waals surface area (Å²) in [5.41, 5.74) is 2.57. The van der Waals surface area contributed by atoms with E-state index in [0.29, 0.717) is 31.3 Å². The Hall–Kier alpha value is -4.00. The molecule has 0 bridgehead atoms. The Kier molecular flexibility index (Phi) is 6.57. The van der Waals surface area contributed by atoms with Crippen LogP contribution in [0.5, 0.6) is 11.6 Å². The lowest BCUT2D eigenvalue weighted by atomic mass is 9.93. The van der Waals surface area contributed by atoms with Gasteiger partial charge in [0.05, 0.1) is 0 Å². The lowest BCUT2D eigenvalue weighted by molar-refractivity contribution is 0.0704. The summed E-state index contributed by atoms with van der Waals surface area (Å²) >= 11 is 0. The van der Waals surface area contributed by atoms with E-state index in [0.717, 1.165) is 35.5 Å². The third-order valence-corrected chi connectivity index (χ3v) is 6.40. The van der Waals surface area contributed by atoms with Crippen molar-refractivity contribution in [2.45, 2.75) is 32.2 Å². The van der Waals surface area contributed by atoms with E-state index in [1.54, 1.807) is 24.4 Å². The van der Waals surface area contributed by atoms with Crippen molar-refractivity contribution in [2.24, 2.45) is 0 Å². The zero-order chi connectivity index (χ0) is 24.2. The van der Waals surface area contributed by atoms with Gasteiger partial charge in [-0.1, -0.05) is 30.3 Å². The summed E-state index contributed by atoms with van der Waals surface area (Å²) in [4.78, 5) is 24.5. The summed E-state index contributed by atoms with van der Waals surface area (Å²) in [6.07, 6.45) is 5.54. The van der Waals surface area contributed by atoms with Crippen LogP contribution in [0, 0.1) is 12.7 Å². The van der Waals surface area contributed by atoms with Crippen molar-refractivity contribution in [3.63, 3.8) is 0 Å². The van der Waals surface area contributed by atoms with Gasteiger partial charge in [0.2, 0.25) is 5.88 Å². The fraction of sp³-hybridized carbons (Fsp3) is 0.250. The van der Waals surface area contributed by atoms with Gasteiger partial charge in [-0.05, 0) is 49.6 Å². The number of imidazole rings is 1. The Labute approximate surface area is 204 Å². The minimum absolute atomic E-state index is 0.0373. The monoisotopic (exact) mass is 470 g/mol. The average molecular weight is 471 g/mol. The van der Waals surface area contributed by atoms with Crippen LogP contribution in [0.4, 0.5) is 4.39 Å². The largest absolute Gasteiger partial charge is 0.439 e. The Bertz CT molecular complexity index is 1340. The maximum atomic E-state index is 13.6. The van der Waals surface area contributed by atoms with Crippen LogP contribution in [-0.2, 0) is 6.54 Å². The Morgan fingerprint density at radius 2 is 1.97 bits per heavy atom. The highest BCUT2D eigenvalue weighted by Gasteiger charge is 2.27. The molecule has 178 valence electrons. The number of nitrogens with zero attached hydrogens (tertiary/aromatic N) is 4. The summed E-state index contributed by atoms with van der Waals surface area (Å²) in [6.45, 7) is 3.87. The highest BCUT2D eigenvalue weighted by atomic mass is 19.1. The lowest BCUT2D eigenvalue weighted by Crippen LogP contribution is -2.39. The van der Waals surface area contributed by atoms with E-state index in [1.807, 2.05) is 59.0 Å². The van der Waals surface area contributed by atoms with Crippen molar-refractivity contribution in [1.82, 2.24) is 19.4 Å². The molecule has 6 nitrogen and oxygen atoms in total. The number of carbonyl (C=O) groups is 1. The second-order valence-corrected chi connectivity index (χ2v) is 8.81. The summed E-state index contributed by atoms with van der Waals surface area (Å²) in [5, 5.41) is 0. The summed E-state index contributed by atoms with van der Waals surface area (Å²) in [5.74, 6) is 1.51. The number of hydrogen-bond acceptors (Lipinski definition) is 4. The molecule has 1 atom stereocenters. The number of amides is 1. The highest BCUT2D eigenvalue weighted by Crippen LogP contribution is 2.29. The van der Waals surface area contributed by atoms with Crippen LogP contribution in [-0.4, -0.2) is 38.4 Å². The SMILES string of the molecule is Cc1nccn1Cc1ccccc1C(=O)N1CCC[C@H](c2cccc(Oc3cccc(F)c3)n2)C1. The van der Waals surface area contributed by atoms with Crippen molar-refractivity contribution in [3.8, 4) is 11.6 Å². The standard InChI is InChI=1S/C28H27FN4O2/c1-20-30-14-16-32(20)18-21-7-2-3-11-25(21)28(34)33-15-6-8-22(19-33)26-12-5-13-27(31-26)35-24-10-4-9-23(29)17-24/h2-5,7,9-14,16-17,22H,6,8,15,18-19H2,1H3/t22-/m0/s1. The van der Waals surface area contributed by atoms with Gasteiger partial charge in [0, 0.05) is 61.3 Å². The fourth-order valence-electron chi connectivity index (χ4n) is 4.56. The lowest BCUT2D eigenvalue weighted by Gasteiger charge is -2.33. The van der Waals surface area contributed by atoms with Gasteiger partial charge in [-0.15, -0.1) is 0 Å². The summed E-state index contributed by atoms with van der Waals surface area (Å²) in [7, 11) is 0. The smallest absolute Gasteiger partial charge is 0.254 e. The molecule has 0 unspecified atom stereocenters. The molecule has 5 rings (SSSR count). The van der Waals surface area contributed by atoms with Crippen molar-refractivity contribution < 1.29 is 13.9 Å². The highest BCUT2D eigenvalue weighted by molar-refractivity contribution is 5.95. The van der Waals surface area contributed by atoms with Crippen molar-refractivity contribution >= 4 is 5.91 Å². The first-order valence-corrected chi connectivity index (χ1v) is 11.8. The molecule has 1 amide bonds. The molecular formula is C28H27FN4O2. The number of hydrogen-bond donors (Lipinski definition) is 0. The summed E-state index contributed by atoms with van der Waals surface area (Å²) in [6, 6.07) is 19.4. The predicted molar refractivity (Wildman–Crippen MR) is 131 cm³/mol. The van der Waals surface area contributed by atoms with E-state index in [2.05, 4.69) is 9.97 Å². The van der Waals surface area contributed by atoms with Crippen molar-refractivity contribution in [2.75, 3.05) is 13.1 Å². The van der Waals surface area contributed by atoms with E-state index in [4.69, 9.17) is 4.74 Å². The maximum absolute atomic E-state index is 13.6. The van der Waals surface area contributed by atoms with E-state index >= 15 is 0 Å². The Morgan fingerprint density at radius 1 is 1.11 bits per heavy atom. The molecule has 0 radical (unpaired) electrons. The molecular weight excluding hydrogens is 443 g/mol. The average Bonchev–Trinajstić information content (AvgIpc) is 3.28. The van der Waals surface area contributed by atoms with Gasteiger partial charge in [-0.2, -0.15) is 0 Å². The first kappa shape index (κ1) is 22.8. The van der Waals surface area contributed by atoms with Crippen LogP contribution in [0.2, 0.25) is 0 Å². The quantitative estimate of drug-likeness (QED) is 0.369. The van der Waals surface area contributed by atoms with E-state index in [1.165, 1.54) is 12.1 Å². The van der Waals surface area contributed by atoms with Gasteiger partial charge >= 0.3 is 0 Å². The number of aryl methyl sites for hydroxylation is 1. The Balaban J connectivity index is 1.32. The second-order valence-electron chi connectivity index (χ2n) is 8.81. The number of likely N-dealkylation sites (tertiary alicyclic amines) is 1. The van der Waals surface area contributed by atoms with Gasteiger partial charge < -0.3 is 14.2 Å². The van der Waals surface area contributed by atoms with Gasteiger partial charge in [-0.25, -0.2) is 14.4 Å². The molecule has 1 fully saturated rings. The fourth-order valence-corrected chi connectivity index (χ4v) is 4.56. The molecule has 0 saturated carbocycles. The summed E-state index contributed by atoms with van der Waals surface area (Å²) < 4.78 is 21.3. The van der Waals surface area contributed by atoms with Crippen LogP contribution < -0.4 is 4.74 Å². The van der Waals surface area contributed by atoms with Gasteiger partial charge in [-0.3, -0.25) is 4.79 Å². The topological polar surface area (TPSA) is 60.2 Å². The molecule has 2 aromatic carbocycles. The number of benzene rings is 2. The minimum Gasteiger partial charge on any atom is -0.439 e. The van der Waals surface area contributed by atoms with E-state index in [-0.39, 0.29) is 17.6 Å². The van der Waals surface area contributed by atoms with Crippen LogP contribution >= 0.6 is 0 Å². The predicted octanol–water partition coefficient (Wildman–Crippen LogP) is 5.59. The molecule has 2 aromatic heterocycles. The molecule has 0 N–H and O–H groups in total. The molecule has 3 heterocycles. The third kappa shape index (κ3) is 5.24. The van der Waals surface area contributed by atoms with E-state index in [9.17, 15) is 9.18 Å². The third-order valence-electron chi connectivity index (χ3n) is 6.40. The molecule has 7 heteroatoms. The van der Waals surface area contributed by atoms with Crippen molar-refractivity contribution in [3.05, 3.63) is 108 Å². The second kappa shape index (κ2) is 10.1. The number of pyridine rings is 1. The first-order chi connectivity index (χ1) is 17.1. The number of carbonyl (C=O) groups excluding carboxylic acids is 1. The molecule has 4 aromatic rings.